The van der Waals surface area contributed by atoms with Crippen LogP contribution in [0, 0.1) is 6.92 Å². The van der Waals surface area contributed by atoms with Crippen LogP contribution in [0.1, 0.15) is 39.7 Å². The lowest BCUT2D eigenvalue weighted by Crippen LogP contribution is -2.50. The zero-order valence-electron chi connectivity index (χ0n) is 15.3. The van der Waals surface area contributed by atoms with Crippen LogP contribution in [0.15, 0.2) is 24.3 Å². The van der Waals surface area contributed by atoms with E-state index in [1.54, 1.807) is 20.8 Å². The fourth-order valence-electron chi connectivity index (χ4n) is 1.78. The molecule has 1 aromatic carbocycles. The van der Waals surface area contributed by atoms with Gasteiger partial charge in [-0.05, 0) is 46.8 Å². The fourth-order valence-corrected chi connectivity index (χ4v) is 1.78. The van der Waals surface area contributed by atoms with Gasteiger partial charge in [0.25, 0.3) is 5.91 Å². The van der Waals surface area contributed by atoms with E-state index in [2.05, 4.69) is 10.6 Å². The number of benzene rings is 1. The van der Waals surface area contributed by atoms with E-state index in [1.807, 2.05) is 31.2 Å². The van der Waals surface area contributed by atoms with E-state index in [4.69, 9.17) is 9.47 Å². The highest BCUT2D eigenvalue weighted by molar-refractivity contribution is 5.97. The Hall–Kier alpha value is -2.57. The minimum Gasteiger partial charge on any atom is -0.493 e. The molecule has 25 heavy (non-hydrogen) atoms. The predicted octanol–water partition coefficient (Wildman–Crippen LogP) is 2.32. The van der Waals surface area contributed by atoms with Crippen molar-refractivity contribution in [2.24, 2.45) is 0 Å². The number of aryl methyl sites for hydroxylation is 1. The fraction of sp³-hybridized carbons (Fsp3) is 0.500. The Kier molecular flexibility index (Phi) is 7.42. The molecule has 0 bridgehead atoms. The van der Waals surface area contributed by atoms with Gasteiger partial charge >= 0.3 is 12.0 Å². The molecule has 1 atom stereocenters. The molecule has 138 valence electrons. The van der Waals surface area contributed by atoms with Crippen LogP contribution >= 0.6 is 0 Å². The van der Waals surface area contributed by atoms with E-state index < -0.39 is 29.6 Å². The van der Waals surface area contributed by atoms with Crippen LogP contribution in [-0.4, -0.2) is 36.2 Å². The van der Waals surface area contributed by atoms with Gasteiger partial charge < -0.3 is 14.8 Å². The Bertz CT molecular complexity index is 605. The summed E-state index contributed by atoms with van der Waals surface area (Å²) in [6.07, 6.45) is -1.07. The van der Waals surface area contributed by atoms with Crippen molar-refractivity contribution in [1.82, 2.24) is 10.6 Å². The average Bonchev–Trinajstić information content (AvgIpc) is 2.47. The number of amides is 3. The third-order valence-corrected chi connectivity index (χ3v) is 3.00. The Morgan fingerprint density at radius 1 is 1.12 bits per heavy atom. The second kappa shape index (κ2) is 9.05. The summed E-state index contributed by atoms with van der Waals surface area (Å²) >= 11 is 0. The molecule has 3 amide bonds. The summed E-state index contributed by atoms with van der Waals surface area (Å²) in [5.74, 6) is -0.608. The van der Waals surface area contributed by atoms with Crippen molar-refractivity contribution < 1.29 is 23.9 Å². The molecule has 1 rings (SSSR count). The van der Waals surface area contributed by atoms with Crippen LogP contribution in [0.25, 0.3) is 0 Å². The molecule has 0 fully saturated rings. The minimum atomic E-state index is -1.07. The van der Waals surface area contributed by atoms with Crippen LogP contribution in [0.2, 0.25) is 0 Å². The maximum absolute atomic E-state index is 11.8. The molecule has 0 aliphatic rings. The number of rotatable bonds is 6. The van der Waals surface area contributed by atoms with E-state index in [0.717, 1.165) is 5.56 Å². The van der Waals surface area contributed by atoms with Crippen molar-refractivity contribution in [3.8, 4) is 5.75 Å². The van der Waals surface area contributed by atoms with E-state index in [-0.39, 0.29) is 13.0 Å². The third-order valence-electron chi connectivity index (χ3n) is 3.00. The minimum absolute atomic E-state index is 0.000314. The normalized spacial score (nSPS) is 12.0. The number of esters is 1. The lowest BCUT2D eigenvalue weighted by molar-refractivity contribution is -0.154. The first-order valence-electron chi connectivity index (χ1n) is 8.09. The van der Waals surface area contributed by atoms with Crippen LogP contribution in [0.4, 0.5) is 4.79 Å². The second-order valence-electron chi connectivity index (χ2n) is 6.74. The highest BCUT2D eigenvalue weighted by atomic mass is 16.5. The molecule has 7 heteroatoms. The molecule has 0 saturated heterocycles. The zero-order valence-corrected chi connectivity index (χ0v) is 15.3. The van der Waals surface area contributed by atoms with Crippen molar-refractivity contribution in [1.29, 1.82) is 0 Å². The van der Waals surface area contributed by atoms with Gasteiger partial charge in [-0.1, -0.05) is 17.7 Å². The highest BCUT2D eigenvalue weighted by Crippen LogP contribution is 2.11. The summed E-state index contributed by atoms with van der Waals surface area (Å²) in [4.78, 5) is 35.2. The zero-order chi connectivity index (χ0) is 19.0. The quantitative estimate of drug-likeness (QED) is 0.768. The smallest absolute Gasteiger partial charge is 0.321 e. The number of ether oxygens (including phenoxy) is 2. The summed E-state index contributed by atoms with van der Waals surface area (Å²) in [5.41, 5.74) is 0.638. The number of hydrogen-bond donors (Lipinski definition) is 2. The molecule has 0 aromatic heterocycles. The molecule has 0 unspecified atom stereocenters. The molecule has 0 heterocycles. The van der Waals surface area contributed by atoms with Gasteiger partial charge in [-0.3, -0.25) is 14.9 Å². The lowest BCUT2D eigenvalue weighted by Gasteiger charge is -2.21. The first-order valence-corrected chi connectivity index (χ1v) is 8.09. The van der Waals surface area contributed by atoms with E-state index in [1.165, 1.54) is 6.92 Å². The Balaban J connectivity index is 2.31. The summed E-state index contributed by atoms with van der Waals surface area (Å²) in [6.45, 7) is 8.87. The standard InChI is InChI=1S/C18H26N2O5/c1-12-6-8-14(9-7-12)24-11-10-15(21)25-13(2)16(22)19-17(23)20-18(3,4)5/h6-9,13H,10-11H2,1-5H3,(H2,19,20,22,23)/t13-/m0/s1. The highest BCUT2D eigenvalue weighted by Gasteiger charge is 2.22. The second-order valence-corrected chi connectivity index (χ2v) is 6.74. The van der Waals surface area contributed by atoms with Gasteiger partial charge in [-0.15, -0.1) is 0 Å². The first-order chi connectivity index (χ1) is 11.6. The van der Waals surface area contributed by atoms with Crippen molar-refractivity contribution in [3.05, 3.63) is 29.8 Å². The third kappa shape index (κ3) is 8.74. The molecular formula is C18H26N2O5. The van der Waals surface area contributed by atoms with Crippen LogP contribution < -0.4 is 15.4 Å². The summed E-state index contributed by atoms with van der Waals surface area (Å²) in [7, 11) is 0. The van der Waals surface area contributed by atoms with Crippen LogP contribution in [0.3, 0.4) is 0 Å². The monoisotopic (exact) mass is 350 g/mol. The first kappa shape index (κ1) is 20.5. The summed E-state index contributed by atoms with van der Waals surface area (Å²) < 4.78 is 10.4. The van der Waals surface area contributed by atoms with E-state index in [9.17, 15) is 14.4 Å². The molecule has 0 aliphatic heterocycles. The Morgan fingerprint density at radius 2 is 1.72 bits per heavy atom. The molecular weight excluding hydrogens is 324 g/mol. The van der Waals surface area contributed by atoms with Crippen LogP contribution in [-0.2, 0) is 14.3 Å². The van der Waals surface area contributed by atoms with Crippen molar-refractivity contribution in [2.45, 2.75) is 52.7 Å². The number of carbonyl (C=O) groups is 3. The van der Waals surface area contributed by atoms with Crippen molar-refractivity contribution >= 4 is 17.9 Å². The lowest BCUT2D eigenvalue weighted by atomic mass is 10.1. The van der Waals surface area contributed by atoms with Gasteiger partial charge in [-0.2, -0.15) is 0 Å². The van der Waals surface area contributed by atoms with E-state index >= 15 is 0 Å². The van der Waals surface area contributed by atoms with Gasteiger partial charge in [0.2, 0.25) is 0 Å². The van der Waals surface area contributed by atoms with E-state index in [0.29, 0.717) is 5.75 Å². The number of imide groups is 1. The number of urea groups is 1. The molecule has 1 aromatic rings. The molecule has 0 aliphatic carbocycles. The number of nitrogens with one attached hydrogen (secondary N) is 2. The Morgan fingerprint density at radius 3 is 2.28 bits per heavy atom. The SMILES string of the molecule is Cc1ccc(OCCC(=O)O[C@@H](C)C(=O)NC(=O)NC(C)(C)C)cc1. The number of hydrogen-bond acceptors (Lipinski definition) is 5. The predicted molar refractivity (Wildman–Crippen MR) is 93.3 cm³/mol. The maximum atomic E-state index is 11.8. The molecule has 7 nitrogen and oxygen atoms in total. The van der Waals surface area contributed by atoms with Crippen molar-refractivity contribution in [2.75, 3.05) is 6.61 Å². The largest absolute Gasteiger partial charge is 0.493 e. The summed E-state index contributed by atoms with van der Waals surface area (Å²) in [6, 6.07) is 6.80. The molecule has 0 radical (unpaired) electrons. The summed E-state index contributed by atoms with van der Waals surface area (Å²) in [5, 5.41) is 4.71. The van der Waals surface area contributed by atoms with Crippen molar-refractivity contribution in [3.63, 3.8) is 0 Å². The molecule has 2 N–H and O–H groups in total. The van der Waals surface area contributed by atoms with Crippen LogP contribution in [0.5, 0.6) is 5.75 Å². The molecule has 0 saturated carbocycles. The van der Waals surface area contributed by atoms with Gasteiger partial charge in [-0.25, -0.2) is 4.79 Å². The van der Waals surface area contributed by atoms with Gasteiger partial charge in [0.1, 0.15) is 5.75 Å². The molecule has 0 spiro atoms. The van der Waals surface area contributed by atoms with Gasteiger partial charge in [0.15, 0.2) is 6.10 Å². The number of carbonyl (C=O) groups excluding carboxylic acids is 3. The maximum Gasteiger partial charge on any atom is 0.321 e. The topological polar surface area (TPSA) is 93.7 Å². The van der Waals surface area contributed by atoms with Gasteiger partial charge in [0, 0.05) is 5.54 Å². The van der Waals surface area contributed by atoms with Gasteiger partial charge in [0.05, 0.1) is 13.0 Å². The Labute approximate surface area is 148 Å². The average molecular weight is 350 g/mol.